The molecule has 0 amide bonds. The van der Waals surface area contributed by atoms with Gasteiger partial charge < -0.3 is 5.32 Å². The second kappa shape index (κ2) is 6.68. The van der Waals surface area contributed by atoms with Gasteiger partial charge in [0.2, 0.25) is 0 Å². The number of nitrogens with one attached hydrogen (secondary N) is 1. The molecule has 13 heavy (non-hydrogen) atoms. The first-order valence-corrected chi connectivity index (χ1v) is 6.52. The van der Waals surface area contributed by atoms with Crippen molar-refractivity contribution in [3.63, 3.8) is 0 Å². The van der Waals surface area contributed by atoms with E-state index in [4.69, 9.17) is 0 Å². The smallest absolute Gasteiger partial charge is 0.0158 e. The summed E-state index contributed by atoms with van der Waals surface area (Å²) in [5.41, 5.74) is 0. The molecule has 78 valence electrons. The standard InChI is InChI=1S/C10H22N2S/c1-3-13-9-10(2)12-7-4-5-11-6-8-12/h10-11H,3-9H2,1-2H3/t10-/m0/s1. The summed E-state index contributed by atoms with van der Waals surface area (Å²) in [6.45, 7) is 9.46. The largest absolute Gasteiger partial charge is 0.315 e. The Balaban J connectivity index is 2.22. The van der Waals surface area contributed by atoms with Gasteiger partial charge in [-0.3, -0.25) is 4.90 Å². The summed E-state index contributed by atoms with van der Waals surface area (Å²) in [6.07, 6.45) is 1.31. The monoisotopic (exact) mass is 202 g/mol. The zero-order chi connectivity index (χ0) is 9.52. The summed E-state index contributed by atoms with van der Waals surface area (Å²) in [4.78, 5) is 2.61. The molecule has 1 aliphatic heterocycles. The van der Waals surface area contributed by atoms with Crippen LogP contribution in [0.2, 0.25) is 0 Å². The third kappa shape index (κ3) is 4.34. The fourth-order valence-electron chi connectivity index (χ4n) is 1.70. The van der Waals surface area contributed by atoms with Crippen LogP contribution in [0, 0.1) is 0 Å². The molecule has 0 aromatic carbocycles. The van der Waals surface area contributed by atoms with Crippen molar-refractivity contribution in [1.82, 2.24) is 10.2 Å². The van der Waals surface area contributed by atoms with Gasteiger partial charge in [-0.25, -0.2) is 0 Å². The Bertz CT molecular complexity index is 122. The molecular formula is C10H22N2S. The van der Waals surface area contributed by atoms with Gasteiger partial charge in [-0.05, 0) is 32.2 Å². The highest BCUT2D eigenvalue weighted by atomic mass is 32.2. The molecule has 1 rings (SSSR count). The Morgan fingerprint density at radius 1 is 1.38 bits per heavy atom. The molecule has 1 aliphatic rings. The first-order valence-electron chi connectivity index (χ1n) is 5.37. The lowest BCUT2D eigenvalue weighted by Gasteiger charge is -2.26. The predicted octanol–water partition coefficient (Wildman–Crippen LogP) is 1.42. The number of rotatable bonds is 4. The van der Waals surface area contributed by atoms with E-state index < -0.39 is 0 Å². The number of nitrogens with zero attached hydrogens (tertiary/aromatic N) is 1. The van der Waals surface area contributed by atoms with E-state index in [9.17, 15) is 0 Å². The molecule has 1 N–H and O–H groups in total. The maximum absolute atomic E-state index is 3.44. The van der Waals surface area contributed by atoms with Gasteiger partial charge in [-0.1, -0.05) is 6.92 Å². The molecule has 0 aromatic heterocycles. The van der Waals surface area contributed by atoms with Crippen LogP contribution in [-0.4, -0.2) is 48.6 Å². The van der Waals surface area contributed by atoms with Crippen molar-refractivity contribution in [1.29, 1.82) is 0 Å². The minimum Gasteiger partial charge on any atom is -0.315 e. The molecular weight excluding hydrogens is 180 g/mol. The van der Waals surface area contributed by atoms with Crippen LogP contribution in [0.25, 0.3) is 0 Å². The second-order valence-corrected chi connectivity index (χ2v) is 4.97. The SMILES string of the molecule is CCSC[C@H](C)N1CCCNCC1. The van der Waals surface area contributed by atoms with Crippen molar-refractivity contribution < 1.29 is 0 Å². The molecule has 0 unspecified atom stereocenters. The number of hydrogen-bond acceptors (Lipinski definition) is 3. The Labute approximate surface area is 86.5 Å². The van der Waals surface area contributed by atoms with Gasteiger partial charge in [-0.2, -0.15) is 11.8 Å². The molecule has 0 bridgehead atoms. The third-order valence-electron chi connectivity index (χ3n) is 2.56. The highest BCUT2D eigenvalue weighted by Crippen LogP contribution is 2.09. The molecule has 1 saturated heterocycles. The maximum atomic E-state index is 3.44. The van der Waals surface area contributed by atoms with Crippen molar-refractivity contribution in [2.24, 2.45) is 0 Å². The van der Waals surface area contributed by atoms with E-state index in [1.165, 1.54) is 44.1 Å². The molecule has 0 saturated carbocycles. The van der Waals surface area contributed by atoms with E-state index in [0.717, 1.165) is 6.04 Å². The van der Waals surface area contributed by atoms with Crippen LogP contribution < -0.4 is 5.32 Å². The lowest BCUT2D eigenvalue weighted by Crippen LogP contribution is -2.37. The summed E-state index contributed by atoms with van der Waals surface area (Å²) < 4.78 is 0. The van der Waals surface area contributed by atoms with Crippen molar-refractivity contribution in [3.8, 4) is 0 Å². The highest BCUT2D eigenvalue weighted by molar-refractivity contribution is 7.99. The van der Waals surface area contributed by atoms with Crippen LogP contribution in [0.15, 0.2) is 0 Å². The summed E-state index contributed by atoms with van der Waals surface area (Å²) in [5.74, 6) is 2.53. The van der Waals surface area contributed by atoms with E-state index in [1.54, 1.807) is 0 Å². The van der Waals surface area contributed by atoms with Crippen LogP contribution >= 0.6 is 11.8 Å². The Kier molecular flexibility index (Phi) is 5.83. The van der Waals surface area contributed by atoms with E-state index in [-0.39, 0.29) is 0 Å². The molecule has 1 fully saturated rings. The van der Waals surface area contributed by atoms with Crippen LogP contribution in [0.3, 0.4) is 0 Å². The Morgan fingerprint density at radius 3 is 3.00 bits per heavy atom. The fraction of sp³-hybridized carbons (Fsp3) is 1.00. The third-order valence-corrected chi connectivity index (χ3v) is 3.69. The Hall–Kier alpha value is 0.270. The first-order chi connectivity index (χ1) is 6.34. The number of thioether (sulfide) groups is 1. The quantitative estimate of drug-likeness (QED) is 0.742. The molecule has 0 spiro atoms. The van der Waals surface area contributed by atoms with Crippen LogP contribution in [0.5, 0.6) is 0 Å². The normalized spacial score (nSPS) is 22.6. The lowest BCUT2D eigenvalue weighted by molar-refractivity contribution is 0.241. The maximum Gasteiger partial charge on any atom is 0.0158 e. The average molecular weight is 202 g/mol. The number of hydrogen-bond donors (Lipinski definition) is 1. The zero-order valence-corrected chi connectivity index (χ0v) is 9.70. The summed E-state index contributed by atoms with van der Waals surface area (Å²) in [7, 11) is 0. The van der Waals surface area contributed by atoms with Gasteiger partial charge in [0, 0.05) is 24.9 Å². The molecule has 0 aliphatic carbocycles. The minimum absolute atomic E-state index is 0.754. The van der Waals surface area contributed by atoms with Crippen LogP contribution in [-0.2, 0) is 0 Å². The molecule has 0 aromatic rings. The summed E-state index contributed by atoms with van der Waals surface area (Å²) in [5, 5.41) is 3.44. The van der Waals surface area contributed by atoms with Gasteiger partial charge in [0.25, 0.3) is 0 Å². The van der Waals surface area contributed by atoms with Gasteiger partial charge in [0.05, 0.1) is 0 Å². The summed E-state index contributed by atoms with van der Waals surface area (Å²) >= 11 is 2.05. The van der Waals surface area contributed by atoms with E-state index >= 15 is 0 Å². The van der Waals surface area contributed by atoms with Crippen LogP contribution in [0.4, 0.5) is 0 Å². The lowest BCUT2D eigenvalue weighted by atomic mass is 10.3. The van der Waals surface area contributed by atoms with E-state index in [0.29, 0.717) is 0 Å². The van der Waals surface area contributed by atoms with E-state index in [2.05, 4.69) is 35.8 Å². The van der Waals surface area contributed by atoms with Crippen molar-refractivity contribution >= 4 is 11.8 Å². The van der Waals surface area contributed by atoms with Gasteiger partial charge >= 0.3 is 0 Å². The molecule has 0 radical (unpaired) electrons. The molecule has 1 heterocycles. The molecule has 2 nitrogen and oxygen atoms in total. The van der Waals surface area contributed by atoms with Crippen molar-refractivity contribution in [3.05, 3.63) is 0 Å². The molecule has 3 heteroatoms. The first kappa shape index (κ1) is 11.3. The molecule has 1 atom stereocenters. The van der Waals surface area contributed by atoms with Crippen LogP contribution in [0.1, 0.15) is 20.3 Å². The highest BCUT2D eigenvalue weighted by Gasteiger charge is 2.14. The average Bonchev–Trinajstić information content (AvgIpc) is 2.42. The fourth-order valence-corrected chi connectivity index (χ4v) is 2.49. The summed E-state index contributed by atoms with van der Waals surface area (Å²) in [6, 6.07) is 0.754. The van der Waals surface area contributed by atoms with Crippen molar-refractivity contribution in [2.45, 2.75) is 26.3 Å². The Morgan fingerprint density at radius 2 is 2.23 bits per heavy atom. The zero-order valence-electron chi connectivity index (χ0n) is 8.88. The van der Waals surface area contributed by atoms with Gasteiger partial charge in [0.15, 0.2) is 0 Å². The van der Waals surface area contributed by atoms with Gasteiger partial charge in [-0.15, -0.1) is 0 Å². The van der Waals surface area contributed by atoms with Crippen molar-refractivity contribution in [2.75, 3.05) is 37.7 Å². The second-order valence-electron chi connectivity index (χ2n) is 3.65. The topological polar surface area (TPSA) is 15.3 Å². The predicted molar refractivity (Wildman–Crippen MR) is 61.5 cm³/mol. The van der Waals surface area contributed by atoms with E-state index in [1.807, 2.05) is 0 Å². The van der Waals surface area contributed by atoms with Gasteiger partial charge in [0.1, 0.15) is 0 Å². The minimum atomic E-state index is 0.754.